The molecule has 0 heterocycles. The molecule has 0 bridgehead atoms. The summed E-state index contributed by atoms with van der Waals surface area (Å²) in [7, 11) is 0. The molecule has 19 heavy (non-hydrogen) atoms. The minimum Gasteiger partial charge on any atom is -0.481 e. The molecule has 0 aliphatic carbocycles. The smallest absolute Gasteiger partial charge is 0.307 e. The molecule has 0 fully saturated rings. The van der Waals surface area contributed by atoms with E-state index in [0.717, 1.165) is 5.56 Å². The van der Waals surface area contributed by atoms with Gasteiger partial charge in [-0.1, -0.05) is 32.0 Å². The number of aliphatic carboxylic acids is 1. The molecular formula is C14H20N2O3. The highest BCUT2D eigenvalue weighted by Crippen LogP contribution is 2.12. The van der Waals surface area contributed by atoms with Gasteiger partial charge in [0.15, 0.2) is 0 Å². The first-order chi connectivity index (χ1) is 8.95. The average Bonchev–Trinajstić information content (AvgIpc) is 2.37. The van der Waals surface area contributed by atoms with Crippen molar-refractivity contribution in [2.75, 3.05) is 13.1 Å². The maximum atomic E-state index is 11.3. The third-order valence-electron chi connectivity index (χ3n) is 3.08. The van der Waals surface area contributed by atoms with Crippen molar-refractivity contribution in [3.63, 3.8) is 0 Å². The standard InChI is InChI=1S/C14H20N2O3/c1-3-16(8-10(2)14(18)19)9-11-6-4-5-7-12(11)13(15)17/h4-7,10H,3,8-9H2,1-2H3,(H2,15,17)(H,18,19). The van der Waals surface area contributed by atoms with E-state index in [1.807, 2.05) is 24.0 Å². The Bertz CT molecular complexity index is 460. The van der Waals surface area contributed by atoms with E-state index in [1.165, 1.54) is 0 Å². The van der Waals surface area contributed by atoms with Gasteiger partial charge in [0.25, 0.3) is 0 Å². The summed E-state index contributed by atoms with van der Waals surface area (Å²) in [5, 5.41) is 8.93. The number of nitrogens with two attached hydrogens (primary N) is 1. The summed E-state index contributed by atoms with van der Waals surface area (Å²) in [6.45, 7) is 5.31. The van der Waals surface area contributed by atoms with Gasteiger partial charge in [0.2, 0.25) is 5.91 Å². The summed E-state index contributed by atoms with van der Waals surface area (Å²) in [5.41, 5.74) is 6.65. The molecule has 1 rings (SSSR count). The number of carboxylic acids is 1. The van der Waals surface area contributed by atoms with Crippen LogP contribution in [0.1, 0.15) is 29.8 Å². The Morgan fingerprint density at radius 2 is 2.00 bits per heavy atom. The lowest BCUT2D eigenvalue weighted by Gasteiger charge is -2.23. The number of carbonyl (C=O) groups is 2. The molecule has 3 N–H and O–H groups in total. The van der Waals surface area contributed by atoms with E-state index < -0.39 is 17.8 Å². The van der Waals surface area contributed by atoms with Crippen molar-refractivity contribution in [3.8, 4) is 0 Å². The number of primary amides is 1. The molecule has 0 aliphatic rings. The van der Waals surface area contributed by atoms with Gasteiger partial charge in [-0.15, -0.1) is 0 Å². The van der Waals surface area contributed by atoms with Gasteiger partial charge < -0.3 is 10.8 Å². The summed E-state index contributed by atoms with van der Waals surface area (Å²) in [6.07, 6.45) is 0. The fraction of sp³-hybridized carbons (Fsp3) is 0.429. The Hall–Kier alpha value is -1.88. The molecule has 104 valence electrons. The molecule has 1 amide bonds. The predicted molar refractivity (Wildman–Crippen MR) is 72.7 cm³/mol. The Kier molecular flexibility index (Phi) is 5.51. The molecule has 5 heteroatoms. The second-order valence-electron chi connectivity index (χ2n) is 4.59. The molecule has 0 aromatic heterocycles. The molecule has 0 radical (unpaired) electrons. The van der Waals surface area contributed by atoms with Crippen molar-refractivity contribution >= 4 is 11.9 Å². The van der Waals surface area contributed by atoms with Crippen molar-refractivity contribution in [2.24, 2.45) is 11.7 Å². The molecule has 0 spiro atoms. The van der Waals surface area contributed by atoms with E-state index in [4.69, 9.17) is 10.8 Å². The first-order valence-electron chi connectivity index (χ1n) is 6.28. The normalized spacial score (nSPS) is 12.4. The van der Waals surface area contributed by atoms with Crippen LogP contribution in [0.5, 0.6) is 0 Å². The van der Waals surface area contributed by atoms with E-state index in [1.54, 1.807) is 19.1 Å². The van der Waals surface area contributed by atoms with E-state index in [9.17, 15) is 9.59 Å². The lowest BCUT2D eigenvalue weighted by molar-refractivity contribution is -0.141. The second kappa shape index (κ2) is 6.89. The molecule has 5 nitrogen and oxygen atoms in total. The Labute approximate surface area is 113 Å². The van der Waals surface area contributed by atoms with Crippen LogP contribution in [0, 0.1) is 5.92 Å². The van der Waals surface area contributed by atoms with Crippen LogP contribution in [0.15, 0.2) is 24.3 Å². The number of carboxylic acid groups (broad SMARTS) is 1. The van der Waals surface area contributed by atoms with E-state index in [2.05, 4.69) is 0 Å². The predicted octanol–water partition coefficient (Wildman–Crippen LogP) is 1.33. The largest absolute Gasteiger partial charge is 0.481 e. The van der Waals surface area contributed by atoms with Crippen molar-refractivity contribution in [3.05, 3.63) is 35.4 Å². The molecule has 1 atom stereocenters. The van der Waals surface area contributed by atoms with E-state index >= 15 is 0 Å². The second-order valence-corrected chi connectivity index (χ2v) is 4.59. The van der Waals surface area contributed by atoms with Crippen LogP contribution in [-0.4, -0.2) is 35.0 Å². The number of benzene rings is 1. The number of nitrogens with zero attached hydrogens (tertiary/aromatic N) is 1. The van der Waals surface area contributed by atoms with Crippen LogP contribution >= 0.6 is 0 Å². The zero-order chi connectivity index (χ0) is 14.4. The highest BCUT2D eigenvalue weighted by atomic mass is 16.4. The number of hydrogen-bond donors (Lipinski definition) is 2. The number of rotatable bonds is 7. The fourth-order valence-corrected chi connectivity index (χ4v) is 1.91. The van der Waals surface area contributed by atoms with Gasteiger partial charge in [0.05, 0.1) is 5.92 Å². The van der Waals surface area contributed by atoms with Gasteiger partial charge in [-0.25, -0.2) is 0 Å². The van der Waals surface area contributed by atoms with Gasteiger partial charge in [-0.3, -0.25) is 14.5 Å². The van der Waals surface area contributed by atoms with E-state index in [-0.39, 0.29) is 0 Å². The number of carbonyl (C=O) groups excluding carboxylic acids is 1. The molecular weight excluding hydrogens is 244 g/mol. The SMILES string of the molecule is CCN(Cc1ccccc1C(N)=O)CC(C)C(=O)O. The van der Waals surface area contributed by atoms with Crippen molar-refractivity contribution in [2.45, 2.75) is 20.4 Å². The van der Waals surface area contributed by atoms with Gasteiger partial charge in [0.1, 0.15) is 0 Å². The zero-order valence-electron chi connectivity index (χ0n) is 11.3. The topological polar surface area (TPSA) is 83.6 Å². The maximum Gasteiger partial charge on any atom is 0.307 e. The van der Waals surface area contributed by atoms with Crippen molar-refractivity contribution in [1.29, 1.82) is 0 Å². The third-order valence-corrected chi connectivity index (χ3v) is 3.08. The van der Waals surface area contributed by atoms with Crippen LogP contribution in [0.3, 0.4) is 0 Å². The van der Waals surface area contributed by atoms with Crippen LogP contribution < -0.4 is 5.73 Å². The number of hydrogen-bond acceptors (Lipinski definition) is 3. The minimum atomic E-state index is -0.818. The first kappa shape index (κ1) is 15.2. The zero-order valence-corrected chi connectivity index (χ0v) is 11.3. The van der Waals surface area contributed by atoms with Gasteiger partial charge in [-0.2, -0.15) is 0 Å². The van der Waals surface area contributed by atoms with Crippen molar-refractivity contribution < 1.29 is 14.7 Å². The first-order valence-corrected chi connectivity index (χ1v) is 6.28. The molecule has 1 unspecified atom stereocenters. The van der Waals surface area contributed by atoms with Crippen LogP contribution in [0.4, 0.5) is 0 Å². The quantitative estimate of drug-likeness (QED) is 0.778. The monoisotopic (exact) mass is 264 g/mol. The summed E-state index contributed by atoms with van der Waals surface area (Å²) in [5.74, 6) is -1.72. The fourth-order valence-electron chi connectivity index (χ4n) is 1.91. The van der Waals surface area contributed by atoms with Gasteiger partial charge in [0, 0.05) is 18.7 Å². The minimum absolute atomic E-state index is 0.443. The summed E-state index contributed by atoms with van der Waals surface area (Å²) < 4.78 is 0. The van der Waals surface area contributed by atoms with Crippen LogP contribution in [0.2, 0.25) is 0 Å². The lowest BCUT2D eigenvalue weighted by atomic mass is 10.1. The van der Waals surface area contributed by atoms with Gasteiger partial charge in [-0.05, 0) is 18.2 Å². The highest BCUT2D eigenvalue weighted by molar-refractivity contribution is 5.94. The molecule has 1 aromatic rings. The summed E-state index contributed by atoms with van der Waals surface area (Å²) >= 11 is 0. The van der Waals surface area contributed by atoms with E-state index in [0.29, 0.717) is 25.2 Å². The Morgan fingerprint density at radius 3 is 2.53 bits per heavy atom. The number of amides is 1. The Morgan fingerprint density at radius 1 is 1.37 bits per heavy atom. The van der Waals surface area contributed by atoms with Crippen molar-refractivity contribution in [1.82, 2.24) is 4.90 Å². The molecule has 0 saturated carbocycles. The highest BCUT2D eigenvalue weighted by Gasteiger charge is 2.17. The molecule has 0 aliphatic heterocycles. The molecule has 1 aromatic carbocycles. The summed E-state index contributed by atoms with van der Waals surface area (Å²) in [6, 6.07) is 7.14. The van der Waals surface area contributed by atoms with Crippen LogP contribution in [-0.2, 0) is 11.3 Å². The molecule has 0 saturated heterocycles. The van der Waals surface area contributed by atoms with Gasteiger partial charge >= 0.3 is 5.97 Å². The Balaban J connectivity index is 2.81. The van der Waals surface area contributed by atoms with Crippen LogP contribution in [0.25, 0.3) is 0 Å². The lowest BCUT2D eigenvalue weighted by Crippen LogP contribution is -2.32. The maximum absolute atomic E-state index is 11.3. The third kappa shape index (κ3) is 4.37. The average molecular weight is 264 g/mol. The summed E-state index contributed by atoms with van der Waals surface area (Å²) in [4.78, 5) is 24.2.